The van der Waals surface area contributed by atoms with E-state index in [-0.39, 0.29) is 12.6 Å². The number of nitrogens with two attached hydrogens (primary N) is 1. The van der Waals surface area contributed by atoms with Gasteiger partial charge in [0.15, 0.2) is 0 Å². The van der Waals surface area contributed by atoms with E-state index >= 15 is 0 Å². The Morgan fingerprint density at radius 3 is 2.93 bits per heavy atom. The van der Waals surface area contributed by atoms with Gasteiger partial charge >= 0.3 is 0 Å². The molecular weight excluding hydrogens is 180 g/mol. The lowest BCUT2D eigenvalue weighted by Gasteiger charge is -2.17. The third kappa shape index (κ3) is 3.41. The average Bonchev–Trinajstić information content (AvgIpc) is 2.19. The topological polar surface area (TPSA) is 68.4 Å². The summed E-state index contributed by atoms with van der Waals surface area (Å²) in [5.41, 5.74) is 6.65. The van der Waals surface area contributed by atoms with Crippen molar-refractivity contribution in [3.8, 4) is 0 Å². The highest BCUT2D eigenvalue weighted by Crippen LogP contribution is 2.01. The number of aliphatic hydroxyl groups is 1. The molecule has 2 atom stereocenters. The van der Waals surface area contributed by atoms with Crippen LogP contribution >= 0.6 is 0 Å². The van der Waals surface area contributed by atoms with Gasteiger partial charge in [-0.15, -0.1) is 0 Å². The maximum absolute atomic E-state index is 9.50. The molecule has 1 aromatic heterocycles. The highest BCUT2D eigenvalue weighted by Gasteiger charge is 2.15. The summed E-state index contributed by atoms with van der Waals surface area (Å²) in [4.78, 5) is 4.13. The molecule has 1 heterocycles. The first kappa shape index (κ1) is 11.1. The second-order valence-electron chi connectivity index (χ2n) is 3.21. The molecule has 0 saturated carbocycles. The molecule has 2 unspecified atom stereocenters. The van der Waals surface area contributed by atoms with Crippen molar-refractivity contribution < 1.29 is 9.84 Å². The van der Waals surface area contributed by atoms with Crippen molar-refractivity contribution >= 4 is 0 Å². The highest BCUT2D eigenvalue weighted by molar-refractivity contribution is 5.05. The van der Waals surface area contributed by atoms with E-state index in [4.69, 9.17) is 10.5 Å². The van der Waals surface area contributed by atoms with Crippen LogP contribution in [0.15, 0.2) is 24.4 Å². The molecule has 0 aliphatic rings. The molecule has 0 radical (unpaired) electrons. The molecule has 4 nitrogen and oxygen atoms in total. The van der Waals surface area contributed by atoms with E-state index in [0.717, 1.165) is 5.69 Å². The Labute approximate surface area is 83.7 Å². The SMILES string of the molecule is COCC(O)C(N)Cc1ccccn1. The molecule has 0 bridgehead atoms. The van der Waals surface area contributed by atoms with Gasteiger partial charge in [0, 0.05) is 31.5 Å². The van der Waals surface area contributed by atoms with Crippen LogP contribution in [0.2, 0.25) is 0 Å². The normalized spacial score (nSPS) is 15.1. The summed E-state index contributed by atoms with van der Waals surface area (Å²) >= 11 is 0. The molecule has 0 amide bonds. The Bertz CT molecular complexity index is 254. The van der Waals surface area contributed by atoms with Gasteiger partial charge in [-0.3, -0.25) is 4.98 Å². The molecule has 14 heavy (non-hydrogen) atoms. The van der Waals surface area contributed by atoms with E-state index in [1.54, 1.807) is 6.20 Å². The molecule has 0 aliphatic heterocycles. The van der Waals surface area contributed by atoms with Crippen LogP contribution < -0.4 is 5.73 Å². The predicted octanol–water partition coefficient (Wildman–Crippen LogP) is -0.0413. The van der Waals surface area contributed by atoms with Gasteiger partial charge in [-0.05, 0) is 12.1 Å². The zero-order valence-electron chi connectivity index (χ0n) is 8.26. The predicted molar refractivity (Wildman–Crippen MR) is 53.8 cm³/mol. The number of hydrogen-bond acceptors (Lipinski definition) is 4. The minimum Gasteiger partial charge on any atom is -0.389 e. The quantitative estimate of drug-likeness (QED) is 0.693. The zero-order valence-corrected chi connectivity index (χ0v) is 8.26. The van der Waals surface area contributed by atoms with Crippen LogP contribution in [-0.2, 0) is 11.2 Å². The molecule has 78 valence electrons. The lowest BCUT2D eigenvalue weighted by atomic mass is 10.1. The number of nitrogens with zero attached hydrogens (tertiary/aromatic N) is 1. The van der Waals surface area contributed by atoms with E-state index in [9.17, 15) is 5.11 Å². The Morgan fingerprint density at radius 1 is 1.57 bits per heavy atom. The highest BCUT2D eigenvalue weighted by atomic mass is 16.5. The van der Waals surface area contributed by atoms with Gasteiger partial charge in [0.05, 0.1) is 12.7 Å². The Morgan fingerprint density at radius 2 is 2.36 bits per heavy atom. The Kier molecular flexibility index (Phi) is 4.52. The van der Waals surface area contributed by atoms with Gasteiger partial charge in [0.1, 0.15) is 0 Å². The van der Waals surface area contributed by atoms with Gasteiger partial charge < -0.3 is 15.6 Å². The minimum absolute atomic E-state index is 0.258. The maximum atomic E-state index is 9.50. The molecule has 1 rings (SSSR count). The van der Waals surface area contributed by atoms with Crippen molar-refractivity contribution in [3.05, 3.63) is 30.1 Å². The molecule has 0 aliphatic carbocycles. The van der Waals surface area contributed by atoms with Gasteiger partial charge in [-0.2, -0.15) is 0 Å². The monoisotopic (exact) mass is 196 g/mol. The number of hydrogen-bond donors (Lipinski definition) is 2. The van der Waals surface area contributed by atoms with Crippen LogP contribution in [0, 0.1) is 0 Å². The summed E-state index contributed by atoms with van der Waals surface area (Å²) in [6, 6.07) is 5.31. The summed E-state index contributed by atoms with van der Waals surface area (Å²) in [5.74, 6) is 0. The number of pyridine rings is 1. The molecule has 0 spiro atoms. The second-order valence-corrected chi connectivity index (χ2v) is 3.21. The van der Waals surface area contributed by atoms with Crippen LogP contribution in [-0.4, -0.2) is 36.0 Å². The van der Waals surface area contributed by atoms with Crippen LogP contribution in [0.4, 0.5) is 0 Å². The maximum Gasteiger partial charge on any atom is 0.0927 e. The second kappa shape index (κ2) is 5.70. The number of ether oxygens (including phenoxy) is 1. The smallest absolute Gasteiger partial charge is 0.0927 e. The molecule has 3 N–H and O–H groups in total. The van der Waals surface area contributed by atoms with Crippen LogP contribution in [0.25, 0.3) is 0 Å². The first-order valence-electron chi connectivity index (χ1n) is 4.56. The fraction of sp³-hybridized carbons (Fsp3) is 0.500. The first-order valence-corrected chi connectivity index (χ1v) is 4.56. The van der Waals surface area contributed by atoms with E-state index in [1.165, 1.54) is 7.11 Å². The van der Waals surface area contributed by atoms with Crippen LogP contribution in [0.5, 0.6) is 0 Å². The Hall–Kier alpha value is -0.970. The van der Waals surface area contributed by atoms with E-state index in [0.29, 0.717) is 6.42 Å². The first-order chi connectivity index (χ1) is 6.74. The van der Waals surface area contributed by atoms with Gasteiger partial charge in [-0.1, -0.05) is 6.07 Å². The van der Waals surface area contributed by atoms with Crippen LogP contribution in [0.1, 0.15) is 5.69 Å². The van der Waals surface area contributed by atoms with Gasteiger partial charge in [-0.25, -0.2) is 0 Å². The average molecular weight is 196 g/mol. The van der Waals surface area contributed by atoms with E-state index < -0.39 is 6.10 Å². The third-order valence-corrected chi connectivity index (χ3v) is 2.00. The summed E-state index contributed by atoms with van der Waals surface area (Å²) < 4.78 is 4.81. The van der Waals surface area contributed by atoms with E-state index in [1.807, 2.05) is 18.2 Å². The van der Waals surface area contributed by atoms with Crippen LogP contribution in [0.3, 0.4) is 0 Å². The van der Waals surface area contributed by atoms with Crippen molar-refractivity contribution in [3.63, 3.8) is 0 Å². The van der Waals surface area contributed by atoms with Crippen molar-refractivity contribution in [1.29, 1.82) is 0 Å². The fourth-order valence-electron chi connectivity index (χ4n) is 1.19. The summed E-state index contributed by atoms with van der Waals surface area (Å²) in [6.07, 6.45) is 1.64. The van der Waals surface area contributed by atoms with Crippen molar-refractivity contribution in [1.82, 2.24) is 4.98 Å². The number of rotatable bonds is 5. The molecule has 4 heteroatoms. The summed E-state index contributed by atoms with van der Waals surface area (Å²) in [6.45, 7) is 0.258. The zero-order chi connectivity index (χ0) is 10.4. The van der Waals surface area contributed by atoms with Crippen molar-refractivity contribution in [2.45, 2.75) is 18.6 Å². The van der Waals surface area contributed by atoms with Crippen molar-refractivity contribution in [2.75, 3.05) is 13.7 Å². The largest absolute Gasteiger partial charge is 0.389 e. The Balaban J connectivity index is 2.44. The molecule has 1 aromatic rings. The van der Waals surface area contributed by atoms with Gasteiger partial charge in [0.25, 0.3) is 0 Å². The van der Waals surface area contributed by atoms with Gasteiger partial charge in [0.2, 0.25) is 0 Å². The molecule has 0 aromatic carbocycles. The third-order valence-electron chi connectivity index (χ3n) is 2.00. The lowest BCUT2D eigenvalue weighted by Crippen LogP contribution is -2.39. The minimum atomic E-state index is -0.637. The van der Waals surface area contributed by atoms with E-state index in [2.05, 4.69) is 4.98 Å². The molecule has 0 fully saturated rings. The standard InChI is InChI=1S/C10H16N2O2/c1-14-7-10(13)9(11)6-8-4-2-3-5-12-8/h2-5,9-10,13H,6-7,11H2,1H3. The fourth-order valence-corrected chi connectivity index (χ4v) is 1.19. The lowest BCUT2D eigenvalue weighted by molar-refractivity contribution is 0.0478. The number of methoxy groups -OCH3 is 1. The number of aliphatic hydroxyl groups excluding tert-OH is 1. The van der Waals surface area contributed by atoms with Crippen molar-refractivity contribution in [2.24, 2.45) is 5.73 Å². The summed E-state index contributed by atoms with van der Waals surface area (Å²) in [5, 5.41) is 9.50. The molecule has 0 saturated heterocycles. The summed E-state index contributed by atoms with van der Waals surface area (Å²) in [7, 11) is 1.54. The molecular formula is C10H16N2O2. The number of aromatic nitrogens is 1.